The summed E-state index contributed by atoms with van der Waals surface area (Å²) in [5.74, 6) is 0.835. The van der Waals surface area contributed by atoms with Crippen LogP contribution in [0.15, 0.2) is 24.3 Å². The second-order valence-electron chi connectivity index (χ2n) is 4.81. The predicted molar refractivity (Wildman–Crippen MR) is 69.7 cm³/mol. The van der Waals surface area contributed by atoms with Crippen LogP contribution in [-0.2, 0) is 4.79 Å². The fraction of sp³-hybridized carbons (Fsp3) is 0.462. The maximum atomic E-state index is 11.7. The van der Waals surface area contributed by atoms with Gasteiger partial charge < -0.3 is 11.1 Å². The lowest BCUT2D eigenvalue weighted by Crippen LogP contribution is -2.31. The maximum absolute atomic E-state index is 11.7. The molecule has 4 heteroatoms. The minimum Gasteiger partial charge on any atom is -0.399 e. The quantitative estimate of drug-likeness (QED) is 0.759. The highest BCUT2D eigenvalue weighted by molar-refractivity contribution is 5.92. The van der Waals surface area contributed by atoms with E-state index in [1.165, 1.54) is 12.8 Å². The van der Waals surface area contributed by atoms with Crippen molar-refractivity contribution in [3.05, 3.63) is 24.3 Å². The standard InChI is InChI=1S/C13H19N3O/c1-16(8-10-2-3-10)9-13(17)15-12-6-4-11(14)5-7-12/h4-7,10H,2-3,8-9,14H2,1H3,(H,15,17). The molecule has 1 aliphatic rings. The van der Waals surface area contributed by atoms with Crippen LogP contribution in [0.1, 0.15) is 12.8 Å². The smallest absolute Gasteiger partial charge is 0.238 e. The number of anilines is 2. The molecule has 0 radical (unpaired) electrons. The number of nitrogens with two attached hydrogens (primary N) is 1. The van der Waals surface area contributed by atoms with Gasteiger partial charge in [-0.25, -0.2) is 0 Å². The summed E-state index contributed by atoms with van der Waals surface area (Å²) in [6, 6.07) is 7.19. The summed E-state index contributed by atoms with van der Waals surface area (Å²) in [5.41, 5.74) is 7.08. The van der Waals surface area contributed by atoms with Crippen molar-refractivity contribution in [2.75, 3.05) is 31.2 Å². The summed E-state index contributed by atoms with van der Waals surface area (Å²) in [4.78, 5) is 13.8. The summed E-state index contributed by atoms with van der Waals surface area (Å²) in [5, 5.41) is 2.86. The molecule has 1 fully saturated rings. The summed E-state index contributed by atoms with van der Waals surface area (Å²) in [6.07, 6.45) is 2.62. The first kappa shape index (κ1) is 11.9. The number of benzene rings is 1. The molecule has 0 saturated heterocycles. The molecule has 17 heavy (non-hydrogen) atoms. The van der Waals surface area contributed by atoms with Crippen molar-refractivity contribution in [2.24, 2.45) is 5.92 Å². The predicted octanol–water partition coefficient (Wildman–Crippen LogP) is 1.55. The molecule has 2 rings (SSSR count). The van der Waals surface area contributed by atoms with Crippen molar-refractivity contribution in [3.63, 3.8) is 0 Å². The van der Waals surface area contributed by atoms with Crippen molar-refractivity contribution in [1.29, 1.82) is 0 Å². The summed E-state index contributed by atoms with van der Waals surface area (Å²) < 4.78 is 0. The van der Waals surface area contributed by atoms with E-state index >= 15 is 0 Å². The average molecular weight is 233 g/mol. The first-order valence-electron chi connectivity index (χ1n) is 5.97. The zero-order valence-corrected chi connectivity index (χ0v) is 10.1. The molecule has 0 atom stereocenters. The number of nitrogen functional groups attached to an aromatic ring is 1. The maximum Gasteiger partial charge on any atom is 0.238 e. The van der Waals surface area contributed by atoms with E-state index in [0.29, 0.717) is 12.2 Å². The summed E-state index contributed by atoms with van der Waals surface area (Å²) >= 11 is 0. The van der Waals surface area contributed by atoms with E-state index in [2.05, 4.69) is 10.2 Å². The van der Waals surface area contributed by atoms with Gasteiger partial charge in [-0.05, 0) is 50.1 Å². The highest BCUT2D eigenvalue weighted by Crippen LogP contribution is 2.29. The molecule has 1 saturated carbocycles. The van der Waals surface area contributed by atoms with E-state index in [1.807, 2.05) is 19.2 Å². The van der Waals surface area contributed by atoms with Gasteiger partial charge in [-0.3, -0.25) is 9.69 Å². The van der Waals surface area contributed by atoms with Crippen LogP contribution in [0.25, 0.3) is 0 Å². The number of amides is 1. The number of hydrogen-bond donors (Lipinski definition) is 2. The van der Waals surface area contributed by atoms with Crippen molar-refractivity contribution >= 4 is 17.3 Å². The van der Waals surface area contributed by atoms with Gasteiger partial charge in [0, 0.05) is 17.9 Å². The monoisotopic (exact) mass is 233 g/mol. The van der Waals surface area contributed by atoms with Gasteiger partial charge in [0.25, 0.3) is 0 Å². The largest absolute Gasteiger partial charge is 0.399 e. The van der Waals surface area contributed by atoms with Gasteiger partial charge in [0.05, 0.1) is 6.54 Å². The SMILES string of the molecule is CN(CC(=O)Nc1ccc(N)cc1)CC1CC1. The second kappa shape index (κ2) is 5.19. The van der Waals surface area contributed by atoms with E-state index in [4.69, 9.17) is 5.73 Å². The Bertz CT molecular complexity index is 384. The van der Waals surface area contributed by atoms with Gasteiger partial charge in [-0.1, -0.05) is 0 Å². The molecular weight excluding hydrogens is 214 g/mol. The molecule has 0 aromatic heterocycles. The van der Waals surface area contributed by atoms with E-state index in [0.717, 1.165) is 18.2 Å². The van der Waals surface area contributed by atoms with Crippen LogP contribution in [0.3, 0.4) is 0 Å². The fourth-order valence-electron chi connectivity index (χ4n) is 1.82. The zero-order chi connectivity index (χ0) is 12.3. The lowest BCUT2D eigenvalue weighted by molar-refractivity contribution is -0.117. The Morgan fingerprint density at radius 3 is 2.65 bits per heavy atom. The molecule has 1 aromatic carbocycles. The second-order valence-corrected chi connectivity index (χ2v) is 4.81. The van der Waals surface area contributed by atoms with Gasteiger partial charge in [-0.2, -0.15) is 0 Å². The van der Waals surface area contributed by atoms with E-state index in [-0.39, 0.29) is 5.91 Å². The molecule has 1 aromatic rings. The molecule has 0 heterocycles. The highest BCUT2D eigenvalue weighted by atomic mass is 16.2. The Balaban J connectivity index is 1.77. The number of carbonyl (C=O) groups is 1. The number of carbonyl (C=O) groups excluding carboxylic acids is 1. The minimum atomic E-state index is 0.0259. The molecule has 0 bridgehead atoms. The van der Waals surface area contributed by atoms with Gasteiger partial charge in [-0.15, -0.1) is 0 Å². The summed E-state index contributed by atoms with van der Waals surface area (Å²) in [6.45, 7) is 1.47. The van der Waals surface area contributed by atoms with Crippen LogP contribution >= 0.6 is 0 Å². The topological polar surface area (TPSA) is 58.4 Å². The molecule has 1 aliphatic carbocycles. The third kappa shape index (κ3) is 4.07. The third-order valence-electron chi connectivity index (χ3n) is 2.87. The van der Waals surface area contributed by atoms with Gasteiger partial charge in [0.1, 0.15) is 0 Å². The Morgan fingerprint density at radius 1 is 1.41 bits per heavy atom. The van der Waals surface area contributed by atoms with E-state index in [1.54, 1.807) is 12.1 Å². The van der Waals surface area contributed by atoms with Crippen LogP contribution in [0, 0.1) is 5.92 Å². The number of nitrogens with zero attached hydrogens (tertiary/aromatic N) is 1. The number of likely N-dealkylation sites (N-methyl/N-ethyl adjacent to an activating group) is 1. The minimum absolute atomic E-state index is 0.0259. The molecule has 0 unspecified atom stereocenters. The molecular formula is C13H19N3O. The first-order valence-corrected chi connectivity index (χ1v) is 5.97. The Kier molecular flexibility index (Phi) is 3.64. The Hall–Kier alpha value is -1.55. The van der Waals surface area contributed by atoms with Gasteiger partial charge >= 0.3 is 0 Å². The fourth-order valence-corrected chi connectivity index (χ4v) is 1.82. The zero-order valence-electron chi connectivity index (χ0n) is 10.1. The molecule has 1 amide bonds. The third-order valence-corrected chi connectivity index (χ3v) is 2.87. The Labute approximate surface area is 102 Å². The molecule has 3 N–H and O–H groups in total. The molecule has 0 aliphatic heterocycles. The average Bonchev–Trinajstić information content (AvgIpc) is 3.05. The number of rotatable bonds is 5. The normalized spacial score (nSPS) is 14.9. The van der Waals surface area contributed by atoms with Crippen LogP contribution in [0.5, 0.6) is 0 Å². The highest BCUT2D eigenvalue weighted by Gasteiger charge is 2.23. The van der Waals surface area contributed by atoms with Crippen molar-refractivity contribution < 1.29 is 4.79 Å². The van der Waals surface area contributed by atoms with Crippen LogP contribution < -0.4 is 11.1 Å². The number of nitrogens with one attached hydrogen (secondary N) is 1. The Morgan fingerprint density at radius 2 is 2.06 bits per heavy atom. The lowest BCUT2D eigenvalue weighted by atomic mass is 10.3. The molecule has 92 valence electrons. The van der Waals surface area contributed by atoms with Crippen LogP contribution in [0.4, 0.5) is 11.4 Å². The van der Waals surface area contributed by atoms with Crippen molar-refractivity contribution in [3.8, 4) is 0 Å². The van der Waals surface area contributed by atoms with E-state index in [9.17, 15) is 4.79 Å². The van der Waals surface area contributed by atoms with Crippen LogP contribution in [0.2, 0.25) is 0 Å². The summed E-state index contributed by atoms with van der Waals surface area (Å²) in [7, 11) is 1.99. The van der Waals surface area contributed by atoms with E-state index < -0.39 is 0 Å². The van der Waals surface area contributed by atoms with Crippen molar-refractivity contribution in [2.45, 2.75) is 12.8 Å². The molecule has 0 spiro atoms. The number of hydrogen-bond acceptors (Lipinski definition) is 3. The van der Waals surface area contributed by atoms with Gasteiger partial charge in [0.2, 0.25) is 5.91 Å². The van der Waals surface area contributed by atoms with Gasteiger partial charge in [0.15, 0.2) is 0 Å². The van der Waals surface area contributed by atoms with Crippen LogP contribution in [-0.4, -0.2) is 30.9 Å². The first-order chi connectivity index (χ1) is 8.13. The molecule has 4 nitrogen and oxygen atoms in total. The lowest BCUT2D eigenvalue weighted by Gasteiger charge is -2.15. The van der Waals surface area contributed by atoms with Crippen molar-refractivity contribution in [1.82, 2.24) is 4.90 Å².